The van der Waals surface area contributed by atoms with Crippen LogP contribution in [0, 0.1) is 6.92 Å². The topological polar surface area (TPSA) is 75.4 Å². The Bertz CT molecular complexity index is 361. The third kappa shape index (κ3) is 1.99. The summed E-state index contributed by atoms with van der Waals surface area (Å²) in [4.78, 5) is 14.9. The molecular formula is C7H11ClN2O3. The van der Waals surface area contributed by atoms with Gasteiger partial charge in [-0.05, 0) is 6.92 Å². The standard InChI is InChI=1S/C7H10N2O3.ClH/c1-4-8-5(3-10)6(11)7(12)9(4)2;/h10-11H,3H2,1-2H3;1H. The van der Waals surface area contributed by atoms with E-state index in [4.69, 9.17) is 10.2 Å². The normalized spacial score (nSPS) is 9.46. The van der Waals surface area contributed by atoms with Crippen molar-refractivity contribution in [2.75, 3.05) is 0 Å². The molecule has 0 saturated heterocycles. The number of aromatic hydroxyl groups is 1. The molecule has 0 amide bonds. The molecule has 6 heteroatoms. The lowest BCUT2D eigenvalue weighted by molar-refractivity contribution is 0.267. The highest BCUT2D eigenvalue weighted by molar-refractivity contribution is 5.85. The summed E-state index contributed by atoms with van der Waals surface area (Å²) >= 11 is 0. The molecule has 0 bridgehead atoms. The second-order valence-corrected chi connectivity index (χ2v) is 2.48. The SMILES string of the molecule is Cc1nc(CO)c(O)c(=O)n1C.Cl. The summed E-state index contributed by atoms with van der Waals surface area (Å²) in [5.41, 5.74) is -0.512. The van der Waals surface area contributed by atoms with Crippen molar-refractivity contribution in [2.45, 2.75) is 13.5 Å². The highest BCUT2D eigenvalue weighted by Crippen LogP contribution is 2.07. The number of halogens is 1. The van der Waals surface area contributed by atoms with E-state index in [0.29, 0.717) is 5.82 Å². The maximum absolute atomic E-state index is 11.1. The van der Waals surface area contributed by atoms with Gasteiger partial charge in [0, 0.05) is 7.05 Å². The molecule has 1 heterocycles. The van der Waals surface area contributed by atoms with Crippen LogP contribution in [0.4, 0.5) is 0 Å². The summed E-state index contributed by atoms with van der Waals surface area (Å²) in [7, 11) is 1.51. The van der Waals surface area contributed by atoms with Crippen LogP contribution >= 0.6 is 12.4 Å². The molecule has 0 radical (unpaired) electrons. The molecule has 1 rings (SSSR count). The summed E-state index contributed by atoms with van der Waals surface area (Å²) in [6.07, 6.45) is 0. The Balaban J connectivity index is 0.00000144. The van der Waals surface area contributed by atoms with Crippen molar-refractivity contribution < 1.29 is 10.2 Å². The van der Waals surface area contributed by atoms with E-state index in [0.717, 1.165) is 0 Å². The maximum Gasteiger partial charge on any atom is 0.295 e. The molecule has 1 aromatic heterocycles. The number of nitrogens with zero attached hydrogens (tertiary/aromatic N) is 2. The Morgan fingerprint density at radius 2 is 2.08 bits per heavy atom. The van der Waals surface area contributed by atoms with Gasteiger partial charge in [0.2, 0.25) is 5.75 Å². The van der Waals surface area contributed by atoms with Crippen LogP contribution < -0.4 is 5.56 Å². The van der Waals surface area contributed by atoms with Crippen LogP contribution in [0.2, 0.25) is 0 Å². The van der Waals surface area contributed by atoms with Crippen molar-refractivity contribution in [1.29, 1.82) is 0 Å². The predicted molar refractivity (Wildman–Crippen MR) is 49.1 cm³/mol. The van der Waals surface area contributed by atoms with Crippen LogP contribution in [0.3, 0.4) is 0 Å². The van der Waals surface area contributed by atoms with Gasteiger partial charge in [0.15, 0.2) is 0 Å². The molecule has 0 aliphatic heterocycles. The Kier molecular flexibility index (Phi) is 3.90. The third-order valence-corrected chi connectivity index (χ3v) is 1.71. The molecule has 0 aliphatic rings. The monoisotopic (exact) mass is 206 g/mol. The van der Waals surface area contributed by atoms with Gasteiger partial charge >= 0.3 is 0 Å². The van der Waals surface area contributed by atoms with Crippen molar-refractivity contribution in [1.82, 2.24) is 9.55 Å². The zero-order valence-electron chi connectivity index (χ0n) is 7.31. The van der Waals surface area contributed by atoms with Gasteiger partial charge in [-0.25, -0.2) is 4.98 Å². The zero-order valence-corrected chi connectivity index (χ0v) is 8.13. The van der Waals surface area contributed by atoms with Gasteiger partial charge < -0.3 is 10.2 Å². The van der Waals surface area contributed by atoms with Crippen LogP contribution in [0.15, 0.2) is 4.79 Å². The first-order valence-corrected chi connectivity index (χ1v) is 3.44. The van der Waals surface area contributed by atoms with Crippen LogP contribution in [0.1, 0.15) is 11.5 Å². The molecule has 2 N–H and O–H groups in total. The first kappa shape index (κ1) is 11.9. The van der Waals surface area contributed by atoms with Gasteiger partial charge in [-0.15, -0.1) is 12.4 Å². The molecule has 0 aliphatic carbocycles. The number of aliphatic hydroxyl groups is 1. The van der Waals surface area contributed by atoms with E-state index < -0.39 is 17.9 Å². The first-order valence-electron chi connectivity index (χ1n) is 3.44. The highest BCUT2D eigenvalue weighted by atomic mass is 35.5. The van der Waals surface area contributed by atoms with Crippen molar-refractivity contribution in [2.24, 2.45) is 7.05 Å². The lowest BCUT2D eigenvalue weighted by atomic mass is 10.3. The maximum atomic E-state index is 11.1. The fourth-order valence-corrected chi connectivity index (χ4v) is 0.863. The summed E-state index contributed by atoms with van der Waals surface area (Å²) in [5, 5.41) is 17.8. The third-order valence-electron chi connectivity index (χ3n) is 1.71. The van der Waals surface area contributed by atoms with Crippen LogP contribution in [-0.2, 0) is 13.7 Å². The van der Waals surface area contributed by atoms with Crippen LogP contribution in [0.5, 0.6) is 5.75 Å². The Labute approximate surface area is 81.1 Å². The van der Waals surface area contributed by atoms with Crippen LogP contribution in [-0.4, -0.2) is 19.8 Å². The molecule has 0 saturated carbocycles. The van der Waals surface area contributed by atoms with Crippen LogP contribution in [0.25, 0.3) is 0 Å². The number of hydrogen-bond acceptors (Lipinski definition) is 4. The van der Waals surface area contributed by atoms with E-state index in [1.54, 1.807) is 6.92 Å². The summed E-state index contributed by atoms with van der Waals surface area (Å²) in [6, 6.07) is 0. The van der Waals surface area contributed by atoms with Gasteiger partial charge in [0.25, 0.3) is 5.56 Å². The minimum Gasteiger partial charge on any atom is -0.502 e. The number of aromatic nitrogens is 2. The summed E-state index contributed by atoms with van der Waals surface area (Å²) < 4.78 is 1.22. The van der Waals surface area contributed by atoms with Crippen molar-refractivity contribution >= 4 is 12.4 Å². The molecule has 0 fully saturated rings. The lowest BCUT2D eigenvalue weighted by Gasteiger charge is -2.05. The van der Waals surface area contributed by atoms with Gasteiger partial charge in [-0.1, -0.05) is 0 Å². The molecule has 5 nitrogen and oxygen atoms in total. The number of hydrogen-bond donors (Lipinski definition) is 2. The van der Waals surface area contributed by atoms with Crippen molar-refractivity contribution in [3.8, 4) is 5.75 Å². The number of aryl methyl sites for hydroxylation is 1. The predicted octanol–water partition coefficient (Wildman–Crippen LogP) is -0.292. The fourth-order valence-electron chi connectivity index (χ4n) is 0.863. The second-order valence-electron chi connectivity index (χ2n) is 2.48. The molecule has 1 aromatic rings. The highest BCUT2D eigenvalue weighted by Gasteiger charge is 2.09. The van der Waals surface area contributed by atoms with Gasteiger partial charge in [-0.2, -0.15) is 0 Å². The van der Waals surface area contributed by atoms with E-state index in [9.17, 15) is 4.79 Å². The average molecular weight is 207 g/mol. The second kappa shape index (κ2) is 4.25. The average Bonchev–Trinajstić information content (AvgIpc) is 2.08. The number of rotatable bonds is 1. The molecule has 13 heavy (non-hydrogen) atoms. The van der Waals surface area contributed by atoms with Gasteiger partial charge in [0.1, 0.15) is 11.5 Å². The summed E-state index contributed by atoms with van der Waals surface area (Å²) in [6.45, 7) is 1.20. The minimum absolute atomic E-state index is 0. The molecular weight excluding hydrogens is 196 g/mol. The zero-order chi connectivity index (χ0) is 9.30. The van der Waals surface area contributed by atoms with E-state index in [1.807, 2.05) is 0 Å². The molecule has 0 atom stereocenters. The molecule has 0 aromatic carbocycles. The lowest BCUT2D eigenvalue weighted by Crippen LogP contribution is -2.21. The minimum atomic E-state index is -0.536. The van der Waals surface area contributed by atoms with Gasteiger partial charge in [-0.3, -0.25) is 9.36 Å². The molecule has 0 spiro atoms. The van der Waals surface area contributed by atoms with E-state index >= 15 is 0 Å². The smallest absolute Gasteiger partial charge is 0.295 e. The van der Waals surface area contributed by atoms with Crippen molar-refractivity contribution in [3.63, 3.8) is 0 Å². The van der Waals surface area contributed by atoms with E-state index in [-0.39, 0.29) is 18.1 Å². The Hall–Kier alpha value is -1.07. The summed E-state index contributed by atoms with van der Waals surface area (Å²) in [5.74, 6) is -0.0209. The fraction of sp³-hybridized carbons (Fsp3) is 0.429. The Morgan fingerprint density at radius 1 is 1.54 bits per heavy atom. The molecule has 0 unspecified atom stereocenters. The van der Waals surface area contributed by atoms with E-state index in [1.165, 1.54) is 11.6 Å². The van der Waals surface area contributed by atoms with Gasteiger partial charge in [0.05, 0.1) is 6.61 Å². The van der Waals surface area contributed by atoms with Crippen molar-refractivity contribution in [3.05, 3.63) is 21.9 Å². The Morgan fingerprint density at radius 3 is 2.54 bits per heavy atom. The number of aliphatic hydroxyl groups excluding tert-OH is 1. The first-order chi connectivity index (χ1) is 5.57. The molecule has 74 valence electrons. The largest absolute Gasteiger partial charge is 0.502 e. The quantitative estimate of drug-likeness (QED) is 0.662. The van der Waals surface area contributed by atoms with E-state index in [2.05, 4.69) is 4.98 Å².